The van der Waals surface area contributed by atoms with Crippen molar-refractivity contribution in [2.75, 3.05) is 25.6 Å². The van der Waals surface area contributed by atoms with Gasteiger partial charge >= 0.3 is 0 Å². The molecule has 5 nitrogen and oxygen atoms in total. The van der Waals surface area contributed by atoms with Crippen molar-refractivity contribution in [1.82, 2.24) is 9.88 Å². The first-order chi connectivity index (χ1) is 7.79. The molecule has 0 amide bonds. The average molecular weight is 222 g/mol. The SMILES string of the molecule is CN(CCOc1ccnc(NN)c1)C1CC1. The number of likely N-dealkylation sites (N-methyl/N-ethyl adjacent to an activating group) is 1. The molecule has 88 valence electrons. The van der Waals surface area contributed by atoms with E-state index in [2.05, 4.69) is 22.4 Å². The lowest BCUT2D eigenvalue weighted by molar-refractivity contribution is 0.232. The van der Waals surface area contributed by atoms with Gasteiger partial charge in [0.15, 0.2) is 0 Å². The third-order valence-electron chi connectivity index (χ3n) is 2.76. The second-order valence-corrected chi connectivity index (χ2v) is 4.08. The highest BCUT2D eigenvalue weighted by Gasteiger charge is 2.25. The molecule has 0 bridgehead atoms. The third kappa shape index (κ3) is 3.08. The lowest BCUT2D eigenvalue weighted by Gasteiger charge is -2.15. The number of rotatable bonds is 6. The first kappa shape index (κ1) is 11.2. The summed E-state index contributed by atoms with van der Waals surface area (Å²) in [4.78, 5) is 6.35. The summed E-state index contributed by atoms with van der Waals surface area (Å²) in [5.41, 5.74) is 2.49. The summed E-state index contributed by atoms with van der Waals surface area (Å²) < 4.78 is 5.62. The second kappa shape index (κ2) is 5.14. The van der Waals surface area contributed by atoms with E-state index >= 15 is 0 Å². The summed E-state index contributed by atoms with van der Waals surface area (Å²) in [7, 11) is 2.14. The number of nitrogen functional groups attached to an aromatic ring is 1. The largest absolute Gasteiger partial charge is 0.492 e. The lowest BCUT2D eigenvalue weighted by atomic mass is 10.4. The van der Waals surface area contributed by atoms with E-state index in [4.69, 9.17) is 10.6 Å². The molecule has 1 aromatic heterocycles. The Morgan fingerprint density at radius 2 is 2.44 bits per heavy atom. The predicted octanol–water partition coefficient (Wildman–Crippen LogP) is 0.840. The molecule has 0 atom stereocenters. The fourth-order valence-corrected chi connectivity index (χ4v) is 1.59. The Labute approximate surface area is 95.6 Å². The molecule has 16 heavy (non-hydrogen) atoms. The van der Waals surface area contributed by atoms with Crippen molar-refractivity contribution >= 4 is 5.82 Å². The molecule has 0 spiro atoms. The molecule has 1 aromatic rings. The van der Waals surface area contributed by atoms with Crippen LogP contribution in [-0.4, -0.2) is 36.1 Å². The smallest absolute Gasteiger partial charge is 0.143 e. The Bertz CT molecular complexity index is 341. The van der Waals surface area contributed by atoms with E-state index in [1.54, 1.807) is 12.3 Å². The Hall–Kier alpha value is -1.33. The number of hydrogen-bond acceptors (Lipinski definition) is 5. The second-order valence-electron chi connectivity index (χ2n) is 4.08. The number of nitrogens with zero attached hydrogens (tertiary/aromatic N) is 2. The van der Waals surface area contributed by atoms with Gasteiger partial charge in [0.25, 0.3) is 0 Å². The van der Waals surface area contributed by atoms with Crippen LogP contribution in [0.4, 0.5) is 5.82 Å². The maximum atomic E-state index is 5.62. The van der Waals surface area contributed by atoms with Gasteiger partial charge in [-0.25, -0.2) is 10.8 Å². The number of pyridine rings is 1. The van der Waals surface area contributed by atoms with Crippen molar-refractivity contribution in [1.29, 1.82) is 0 Å². The van der Waals surface area contributed by atoms with Crippen molar-refractivity contribution in [2.45, 2.75) is 18.9 Å². The number of nitrogens with one attached hydrogen (secondary N) is 1. The number of nitrogens with two attached hydrogens (primary N) is 1. The molecule has 1 saturated carbocycles. The van der Waals surface area contributed by atoms with E-state index in [0.717, 1.165) is 18.3 Å². The minimum Gasteiger partial charge on any atom is -0.492 e. The van der Waals surface area contributed by atoms with Gasteiger partial charge in [0.2, 0.25) is 0 Å². The van der Waals surface area contributed by atoms with Crippen LogP contribution in [0, 0.1) is 0 Å². The summed E-state index contributed by atoms with van der Waals surface area (Å²) in [6.07, 6.45) is 4.33. The monoisotopic (exact) mass is 222 g/mol. The maximum absolute atomic E-state index is 5.62. The fraction of sp³-hybridized carbons (Fsp3) is 0.545. The number of ether oxygens (including phenoxy) is 1. The third-order valence-corrected chi connectivity index (χ3v) is 2.76. The number of aromatic nitrogens is 1. The molecule has 0 aliphatic heterocycles. The van der Waals surface area contributed by atoms with E-state index in [0.29, 0.717) is 12.4 Å². The van der Waals surface area contributed by atoms with Crippen LogP contribution in [0.3, 0.4) is 0 Å². The molecule has 0 unspecified atom stereocenters. The Morgan fingerprint density at radius 1 is 1.62 bits per heavy atom. The van der Waals surface area contributed by atoms with Gasteiger partial charge in [-0.2, -0.15) is 0 Å². The van der Waals surface area contributed by atoms with Gasteiger partial charge < -0.3 is 15.1 Å². The molecule has 1 heterocycles. The van der Waals surface area contributed by atoms with Crippen LogP contribution in [0.25, 0.3) is 0 Å². The van der Waals surface area contributed by atoms with E-state index in [1.165, 1.54) is 12.8 Å². The molecule has 1 fully saturated rings. The van der Waals surface area contributed by atoms with Crippen molar-refractivity contribution in [3.8, 4) is 5.75 Å². The number of anilines is 1. The van der Waals surface area contributed by atoms with Crippen LogP contribution in [0.1, 0.15) is 12.8 Å². The topological polar surface area (TPSA) is 63.4 Å². The van der Waals surface area contributed by atoms with E-state index in [-0.39, 0.29) is 0 Å². The molecule has 1 aliphatic carbocycles. The predicted molar refractivity (Wildman–Crippen MR) is 63.2 cm³/mol. The summed E-state index contributed by atoms with van der Waals surface area (Å²) in [6.45, 7) is 1.65. The molecular weight excluding hydrogens is 204 g/mol. The van der Waals surface area contributed by atoms with Crippen LogP contribution < -0.4 is 16.0 Å². The zero-order valence-electron chi connectivity index (χ0n) is 9.52. The quantitative estimate of drug-likeness (QED) is 0.551. The Morgan fingerprint density at radius 3 is 3.12 bits per heavy atom. The minimum absolute atomic E-state index is 0.619. The van der Waals surface area contributed by atoms with Gasteiger partial charge in [-0.15, -0.1) is 0 Å². The molecule has 0 radical (unpaired) electrons. The highest BCUT2D eigenvalue weighted by Crippen LogP contribution is 2.24. The van der Waals surface area contributed by atoms with Crippen LogP contribution in [0.2, 0.25) is 0 Å². The van der Waals surface area contributed by atoms with Crippen LogP contribution in [0.15, 0.2) is 18.3 Å². The van der Waals surface area contributed by atoms with Crippen LogP contribution in [0.5, 0.6) is 5.75 Å². The Balaban J connectivity index is 1.75. The van der Waals surface area contributed by atoms with Crippen molar-refractivity contribution in [2.24, 2.45) is 5.84 Å². The minimum atomic E-state index is 0.619. The first-order valence-electron chi connectivity index (χ1n) is 5.55. The zero-order chi connectivity index (χ0) is 11.4. The van der Waals surface area contributed by atoms with Gasteiger partial charge in [0.05, 0.1) is 0 Å². The van der Waals surface area contributed by atoms with Gasteiger partial charge in [-0.1, -0.05) is 0 Å². The van der Waals surface area contributed by atoms with Crippen molar-refractivity contribution in [3.05, 3.63) is 18.3 Å². The molecule has 3 N–H and O–H groups in total. The van der Waals surface area contributed by atoms with Crippen LogP contribution in [-0.2, 0) is 0 Å². The van der Waals surface area contributed by atoms with E-state index in [1.807, 2.05) is 6.07 Å². The van der Waals surface area contributed by atoms with Crippen LogP contribution >= 0.6 is 0 Å². The first-order valence-corrected chi connectivity index (χ1v) is 5.55. The number of hydrazine groups is 1. The van der Waals surface area contributed by atoms with E-state index < -0.39 is 0 Å². The standard InChI is InChI=1S/C11H18N4O/c1-15(9-2-3-9)6-7-16-10-4-5-13-11(8-10)14-12/h4-5,8-9H,2-3,6-7,12H2,1H3,(H,13,14). The molecule has 1 aliphatic rings. The fourth-order valence-electron chi connectivity index (χ4n) is 1.59. The molecule has 2 rings (SSSR count). The highest BCUT2D eigenvalue weighted by molar-refractivity contribution is 5.39. The Kier molecular flexibility index (Phi) is 3.58. The normalized spacial score (nSPS) is 15.2. The molecule has 5 heteroatoms. The molecular formula is C11H18N4O. The number of hydrogen-bond donors (Lipinski definition) is 2. The summed E-state index contributed by atoms with van der Waals surface area (Å²) in [5, 5.41) is 0. The zero-order valence-corrected chi connectivity index (χ0v) is 9.52. The van der Waals surface area contributed by atoms with Gasteiger partial charge in [-0.05, 0) is 26.0 Å². The lowest BCUT2D eigenvalue weighted by Crippen LogP contribution is -2.26. The summed E-state index contributed by atoms with van der Waals surface area (Å²) in [5.74, 6) is 6.68. The van der Waals surface area contributed by atoms with Crippen molar-refractivity contribution in [3.63, 3.8) is 0 Å². The average Bonchev–Trinajstić information content (AvgIpc) is 3.13. The van der Waals surface area contributed by atoms with Crippen molar-refractivity contribution < 1.29 is 4.74 Å². The van der Waals surface area contributed by atoms with Gasteiger partial charge in [0.1, 0.15) is 18.2 Å². The van der Waals surface area contributed by atoms with Gasteiger partial charge in [-0.3, -0.25) is 0 Å². The van der Waals surface area contributed by atoms with E-state index in [9.17, 15) is 0 Å². The summed E-state index contributed by atoms with van der Waals surface area (Å²) >= 11 is 0. The summed E-state index contributed by atoms with van der Waals surface area (Å²) in [6, 6.07) is 4.40. The molecule has 0 aromatic carbocycles. The maximum Gasteiger partial charge on any atom is 0.143 e. The van der Waals surface area contributed by atoms with Gasteiger partial charge in [0, 0.05) is 24.8 Å². The highest BCUT2D eigenvalue weighted by atomic mass is 16.5. The molecule has 0 saturated heterocycles.